The van der Waals surface area contributed by atoms with Gasteiger partial charge in [0.15, 0.2) is 5.11 Å². The van der Waals surface area contributed by atoms with Gasteiger partial charge in [-0.3, -0.25) is 4.98 Å². The quantitative estimate of drug-likeness (QED) is 0.540. The average molecular weight is 435 g/mol. The predicted molar refractivity (Wildman–Crippen MR) is 128 cm³/mol. The summed E-state index contributed by atoms with van der Waals surface area (Å²) >= 11 is 5.72. The molecule has 1 fully saturated rings. The minimum Gasteiger partial charge on any atom is -0.396 e. The van der Waals surface area contributed by atoms with Crippen molar-refractivity contribution in [2.24, 2.45) is 0 Å². The number of nitrogens with one attached hydrogen (secondary N) is 1. The molecule has 1 aromatic carbocycles. The molecule has 6 heteroatoms. The first-order chi connectivity index (χ1) is 15.1. The van der Waals surface area contributed by atoms with Gasteiger partial charge >= 0.3 is 0 Å². The number of hydrogen-bond acceptors (Lipinski definition) is 3. The Bertz CT molecular complexity index is 1060. The molecule has 0 bridgehead atoms. The average Bonchev–Trinajstić information content (AvgIpc) is 3.27. The largest absolute Gasteiger partial charge is 0.396 e. The molecule has 0 spiro atoms. The molecule has 1 aliphatic heterocycles. The number of benzene rings is 1. The lowest BCUT2D eigenvalue weighted by atomic mass is 9.96. The molecule has 2 N–H and O–H groups in total. The first-order valence-corrected chi connectivity index (χ1v) is 11.3. The van der Waals surface area contributed by atoms with Crippen LogP contribution >= 0.6 is 12.2 Å². The van der Waals surface area contributed by atoms with Crippen LogP contribution in [0.5, 0.6) is 0 Å². The Labute approximate surface area is 189 Å². The lowest BCUT2D eigenvalue weighted by Gasteiger charge is -2.28. The van der Waals surface area contributed by atoms with Crippen molar-refractivity contribution in [3.63, 3.8) is 0 Å². The highest BCUT2D eigenvalue weighted by Crippen LogP contribution is 2.41. The van der Waals surface area contributed by atoms with Crippen molar-refractivity contribution in [2.75, 3.05) is 13.2 Å². The summed E-state index contributed by atoms with van der Waals surface area (Å²) in [6, 6.07) is 16.9. The second-order valence-electron chi connectivity index (χ2n) is 8.04. The fourth-order valence-electron chi connectivity index (χ4n) is 4.71. The van der Waals surface area contributed by atoms with Gasteiger partial charge in [0.2, 0.25) is 0 Å². The number of aromatic nitrogens is 2. The monoisotopic (exact) mass is 434 g/mol. The number of nitrogens with zero attached hydrogens (tertiary/aromatic N) is 3. The highest BCUT2D eigenvalue weighted by Gasteiger charge is 2.41. The van der Waals surface area contributed by atoms with E-state index in [0.717, 1.165) is 12.1 Å². The van der Waals surface area contributed by atoms with E-state index in [1.54, 1.807) is 0 Å². The molecule has 2 atom stereocenters. The molecule has 5 nitrogen and oxygen atoms in total. The second kappa shape index (κ2) is 9.20. The summed E-state index contributed by atoms with van der Waals surface area (Å²) in [4.78, 5) is 6.84. The number of aryl methyl sites for hydroxylation is 2. The van der Waals surface area contributed by atoms with Crippen molar-refractivity contribution in [3.05, 3.63) is 82.9 Å². The molecule has 31 heavy (non-hydrogen) atoms. The van der Waals surface area contributed by atoms with Crippen molar-refractivity contribution < 1.29 is 5.11 Å². The van der Waals surface area contributed by atoms with E-state index in [-0.39, 0.29) is 18.7 Å². The van der Waals surface area contributed by atoms with Gasteiger partial charge in [0.05, 0.1) is 17.8 Å². The predicted octanol–water partition coefficient (Wildman–Crippen LogP) is 4.41. The molecule has 162 valence electrons. The third-order valence-corrected chi connectivity index (χ3v) is 6.51. The lowest BCUT2D eigenvalue weighted by Crippen LogP contribution is -2.31. The van der Waals surface area contributed by atoms with Crippen LogP contribution in [0.2, 0.25) is 0 Å². The maximum atomic E-state index is 9.45. The van der Waals surface area contributed by atoms with Crippen LogP contribution in [0.1, 0.15) is 53.6 Å². The van der Waals surface area contributed by atoms with Gasteiger partial charge in [-0.1, -0.05) is 31.2 Å². The first kappa shape index (κ1) is 21.5. The summed E-state index contributed by atoms with van der Waals surface area (Å²) in [6.45, 7) is 7.39. The fourth-order valence-corrected chi connectivity index (χ4v) is 5.04. The van der Waals surface area contributed by atoms with Gasteiger partial charge in [-0.15, -0.1) is 0 Å². The first-order valence-electron chi connectivity index (χ1n) is 10.9. The molecule has 0 unspecified atom stereocenters. The number of hydrogen-bond donors (Lipinski definition) is 2. The highest BCUT2D eigenvalue weighted by atomic mass is 32.1. The molecule has 3 heterocycles. The Kier molecular flexibility index (Phi) is 6.39. The van der Waals surface area contributed by atoms with Crippen LogP contribution in [0.15, 0.2) is 54.7 Å². The Morgan fingerprint density at radius 2 is 1.90 bits per heavy atom. The third-order valence-electron chi connectivity index (χ3n) is 6.16. The van der Waals surface area contributed by atoms with E-state index < -0.39 is 0 Å². The van der Waals surface area contributed by atoms with Crippen molar-refractivity contribution >= 4 is 17.3 Å². The van der Waals surface area contributed by atoms with Gasteiger partial charge in [-0.25, -0.2) is 0 Å². The summed E-state index contributed by atoms with van der Waals surface area (Å²) in [5, 5.41) is 13.7. The summed E-state index contributed by atoms with van der Waals surface area (Å²) in [5.41, 5.74) is 7.19. The minimum absolute atomic E-state index is 0.0164. The van der Waals surface area contributed by atoms with Crippen molar-refractivity contribution in [1.29, 1.82) is 0 Å². The normalized spacial score (nSPS) is 18.5. The Balaban J connectivity index is 1.83. The second-order valence-corrected chi connectivity index (χ2v) is 8.43. The highest BCUT2D eigenvalue weighted by molar-refractivity contribution is 7.80. The summed E-state index contributed by atoms with van der Waals surface area (Å²) in [6.07, 6.45) is 3.48. The minimum atomic E-state index is -0.0391. The van der Waals surface area contributed by atoms with Gasteiger partial charge < -0.3 is 19.9 Å². The smallest absolute Gasteiger partial charge is 0.170 e. The number of aliphatic hydroxyl groups excluding tert-OH is 1. The van der Waals surface area contributed by atoms with E-state index in [1.807, 2.05) is 24.4 Å². The van der Waals surface area contributed by atoms with Gasteiger partial charge in [0.1, 0.15) is 0 Å². The number of rotatable bonds is 7. The van der Waals surface area contributed by atoms with Crippen molar-refractivity contribution in [1.82, 2.24) is 19.8 Å². The molecule has 0 radical (unpaired) electrons. The van der Waals surface area contributed by atoms with Crippen LogP contribution in [0.3, 0.4) is 0 Å². The summed E-state index contributed by atoms with van der Waals surface area (Å²) < 4.78 is 2.36. The molecule has 2 aromatic heterocycles. The molecule has 4 rings (SSSR count). The molecule has 0 saturated carbocycles. The molecule has 0 amide bonds. The molecular weight excluding hydrogens is 404 g/mol. The maximum Gasteiger partial charge on any atom is 0.170 e. The van der Waals surface area contributed by atoms with E-state index in [0.29, 0.717) is 18.1 Å². The van der Waals surface area contributed by atoms with Crippen LogP contribution in [-0.4, -0.2) is 37.8 Å². The summed E-state index contributed by atoms with van der Waals surface area (Å²) in [7, 11) is 0. The topological polar surface area (TPSA) is 53.3 Å². The van der Waals surface area contributed by atoms with Gasteiger partial charge in [0, 0.05) is 36.4 Å². The van der Waals surface area contributed by atoms with E-state index in [4.69, 9.17) is 12.2 Å². The van der Waals surface area contributed by atoms with E-state index in [2.05, 4.69) is 70.9 Å². The van der Waals surface area contributed by atoms with Crippen molar-refractivity contribution in [3.8, 4) is 5.69 Å². The van der Waals surface area contributed by atoms with Crippen LogP contribution in [0.4, 0.5) is 0 Å². The van der Waals surface area contributed by atoms with E-state index in [1.165, 1.54) is 28.2 Å². The zero-order valence-electron chi connectivity index (χ0n) is 18.4. The van der Waals surface area contributed by atoms with Crippen LogP contribution in [0.25, 0.3) is 5.69 Å². The van der Waals surface area contributed by atoms with Crippen LogP contribution < -0.4 is 5.32 Å². The number of aliphatic hydroxyl groups is 1. The molecule has 1 aliphatic rings. The van der Waals surface area contributed by atoms with Gasteiger partial charge in [0.25, 0.3) is 0 Å². The van der Waals surface area contributed by atoms with E-state index in [9.17, 15) is 5.11 Å². The molecule has 0 aliphatic carbocycles. The third kappa shape index (κ3) is 3.98. The fraction of sp³-hybridized carbons (Fsp3) is 0.360. The summed E-state index contributed by atoms with van der Waals surface area (Å²) in [5.74, 6) is 0. The van der Waals surface area contributed by atoms with E-state index >= 15 is 0 Å². The lowest BCUT2D eigenvalue weighted by molar-refractivity contribution is 0.247. The standard InChI is InChI=1S/C25H30N4OS/c1-4-19-10-5-6-12-22(19)29-17(2)16-20(18(29)3)24-23(21-11-7-8-13-26-21)27-25(31)28(24)14-9-15-30/h5-8,10-13,16,23-24,30H,4,9,14-15H2,1-3H3,(H,27,31)/t23-,24+/m1/s1. The number of thiocarbonyl (C=S) groups is 1. The zero-order chi connectivity index (χ0) is 22.0. The van der Waals surface area contributed by atoms with Gasteiger partial charge in [-0.05, 0) is 74.3 Å². The maximum absolute atomic E-state index is 9.45. The zero-order valence-corrected chi connectivity index (χ0v) is 19.2. The molecular formula is C25H30N4OS. The SMILES string of the molecule is CCc1ccccc1-n1c(C)cc([C@H]2[C@@H](c3ccccn3)NC(=S)N2CCCO)c1C. The van der Waals surface area contributed by atoms with Crippen molar-refractivity contribution in [2.45, 2.75) is 45.7 Å². The van der Waals surface area contributed by atoms with Gasteiger partial charge in [-0.2, -0.15) is 0 Å². The Hall–Kier alpha value is -2.70. The van der Waals surface area contributed by atoms with Crippen LogP contribution in [-0.2, 0) is 6.42 Å². The molecule has 1 saturated heterocycles. The number of para-hydroxylation sites is 1. The molecule has 3 aromatic rings. The van der Waals surface area contributed by atoms with Crippen LogP contribution in [0, 0.1) is 13.8 Å². The Morgan fingerprint density at radius 1 is 1.13 bits per heavy atom. The Morgan fingerprint density at radius 3 is 2.61 bits per heavy atom. The number of pyridine rings is 1.